The molecule has 0 fully saturated rings. The number of carbonyl (C=O) groups is 2. The first-order valence-electron chi connectivity index (χ1n) is 9.39. The van der Waals surface area contributed by atoms with Crippen LogP contribution in [0, 0.1) is 0 Å². The lowest BCUT2D eigenvalue weighted by Gasteiger charge is -2.11. The van der Waals surface area contributed by atoms with E-state index in [1.54, 1.807) is 36.4 Å². The SMILES string of the molecule is CC(C)Oc1ccc(C=C(NC(=O)C=Cc2ccccc2)C(=O)NCCO)cc1. The lowest BCUT2D eigenvalue weighted by atomic mass is 10.1. The van der Waals surface area contributed by atoms with E-state index in [1.165, 1.54) is 6.08 Å². The number of aliphatic hydroxyl groups is 1. The van der Waals surface area contributed by atoms with Crippen LogP contribution in [0.3, 0.4) is 0 Å². The van der Waals surface area contributed by atoms with E-state index in [0.717, 1.165) is 16.9 Å². The first-order valence-corrected chi connectivity index (χ1v) is 9.39. The van der Waals surface area contributed by atoms with Crippen LogP contribution in [-0.4, -0.2) is 36.2 Å². The van der Waals surface area contributed by atoms with Gasteiger partial charge in [-0.3, -0.25) is 9.59 Å². The van der Waals surface area contributed by atoms with Gasteiger partial charge < -0.3 is 20.5 Å². The molecule has 2 aromatic carbocycles. The van der Waals surface area contributed by atoms with Crippen molar-refractivity contribution in [2.24, 2.45) is 0 Å². The van der Waals surface area contributed by atoms with Gasteiger partial charge >= 0.3 is 0 Å². The fourth-order valence-electron chi connectivity index (χ4n) is 2.41. The topological polar surface area (TPSA) is 87.7 Å². The molecule has 6 heteroatoms. The highest BCUT2D eigenvalue weighted by atomic mass is 16.5. The molecule has 0 unspecified atom stereocenters. The van der Waals surface area contributed by atoms with Gasteiger partial charge in [0.25, 0.3) is 5.91 Å². The molecule has 0 aliphatic carbocycles. The molecule has 2 amide bonds. The summed E-state index contributed by atoms with van der Waals surface area (Å²) >= 11 is 0. The van der Waals surface area contributed by atoms with Crippen molar-refractivity contribution in [1.82, 2.24) is 10.6 Å². The van der Waals surface area contributed by atoms with Gasteiger partial charge in [0, 0.05) is 12.6 Å². The van der Waals surface area contributed by atoms with E-state index in [4.69, 9.17) is 9.84 Å². The maximum atomic E-state index is 12.4. The number of carbonyl (C=O) groups excluding carboxylic acids is 2. The van der Waals surface area contributed by atoms with Crippen molar-refractivity contribution < 1.29 is 19.4 Å². The third-order valence-electron chi connectivity index (χ3n) is 3.69. The van der Waals surface area contributed by atoms with E-state index in [-0.39, 0.29) is 25.0 Å². The summed E-state index contributed by atoms with van der Waals surface area (Å²) in [5.41, 5.74) is 1.68. The average molecular weight is 394 g/mol. The van der Waals surface area contributed by atoms with Crippen molar-refractivity contribution in [2.45, 2.75) is 20.0 Å². The van der Waals surface area contributed by atoms with Crippen LogP contribution in [0.25, 0.3) is 12.2 Å². The van der Waals surface area contributed by atoms with Gasteiger partial charge in [0.05, 0.1) is 12.7 Å². The van der Waals surface area contributed by atoms with Gasteiger partial charge in [-0.15, -0.1) is 0 Å². The number of nitrogens with one attached hydrogen (secondary N) is 2. The Balaban J connectivity index is 2.15. The maximum Gasteiger partial charge on any atom is 0.267 e. The van der Waals surface area contributed by atoms with Crippen LogP contribution in [0.1, 0.15) is 25.0 Å². The first kappa shape index (κ1) is 21.9. The minimum Gasteiger partial charge on any atom is -0.491 e. The molecule has 0 atom stereocenters. The third kappa shape index (κ3) is 8.02. The zero-order chi connectivity index (χ0) is 21.1. The summed E-state index contributed by atoms with van der Waals surface area (Å²) < 4.78 is 5.61. The summed E-state index contributed by atoms with van der Waals surface area (Å²) in [4.78, 5) is 24.7. The smallest absolute Gasteiger partial charge is 0.267 e. The fourth-order valence-corrected chi connectivity index (χ4v) is 2.41. The fraction of sp³-hybridized carbons (Fsp3) is 0.217. The molecule has 0 spiro atoms. The van der Waals surface area contributed by atoms with Crippen LogP contribution in [0.15, 0.2) is 66.4 Å². The maximum absolute atomic E-state index is 12.4. The number of ether oxygens (including phenoxy) is 1. The Bertz CT molecular complexity index is 856. The molecule has 2 rings (SSSR count). The summed E-state index contributed by atoms with van der Waals surface area (Å²) in [7, 11) is 0. The molecule has 0 aliphatic rings. The number of hydrogen-bond donors (Lipinski definition) is 3. The largest absolute Gasteiger partial charge is 0.491 e. The summed E-state index contributed by atoms with van der Waals surface area (Å²) in [5.74, 6) is -0.194. The zero-order valence-corrected chi connectivity index (χ0v) is 16.6. The molecule has 0 heterocycles. The highest BCUT2D eigenvalue weighted by Gasteiger charge is 2.11. The van der Waals surface area contributed by atoms with Crippen molar-refractivity contribution in [3.63, 3.8) is 0 Å². The van der Waals surface area contributed by atoms with Gasteiger partial charge in [-0.1, -0.05) is 42.5 Å². The van der Waals surface area contributed by atoms with Crippen LogP contribution in [0.5, 0.6) is 5.75 Å². The lowest BCUT2D eigenvalue weighted by molar-refractivity contribution is -0.121. The van der Waals surface area contributed by atoms with Gasteiger partial charge in [0.2, 0.25) is 5.91 Å². The van der Waals surface area contributed by atoms with Crippen LogP contribution >= 0.6 is 0 Å². The Morgan fingerprint density at radius 1 is 1.03 bits per heavy atom. The van der Waals surface area contributed by atoms with Crippen LogP contribution in [0.4, 0.5) is 0 Å². The Kier molecular flexibility index (Phi) is 8.66. The van der Waals surface area contributed by atoms with Crippen molar-refractivity contribution in [1.29, 1.82) is 0 Å². The first-order chi connectivity index (χ1) is 14.0. The lowest BCUT2D eigenvalue weighted by Crippen LogP contribution is -2.35. The minimum atomic E-state index is -0.483. The Hall–Kier alpha value is -3.38. The van der Waals surface area contributed by atoms with Gasteiger partial charge in [-0.05, 0) is 49.3 Å². The Morgan fingerprint density at radius 3 is 2.34 bits per heavy atom. The molecule has 0 bridgehead atoms. The average Bonchev–Trinajstić information content (AvgIpc) is 2.71. The van der Waals surface area contributed by atoms with Crippen LogP contribution in [-0.2, 0) is 9.59 Å². The molecule has 152 valence electrons. The molecular weight excluding hydrogens is 368 g/mol. The molecule has 0 radical (unpaired) electrons. The quantitative estimate of drug-likeness (QED) is 0.571. The molecule has 3 N–H and O–H groups in total. The van der Waals surface area contributed by atoms with E-state index in [0.29, 0.717) is 0 Å². The molecule has 29 heavy (non-hydrogen) atoms. The molecule has 0 saturated heterocycles. The second kappa shape index (κ2) is 11.5. The second-order valence-corrected chi connectivity index (χ2v) is 6.51. The van der Waals surface area contributed by atoms with Gasteiger partial charge in [-0.25, -0.2) is 0 Å². The van der Waals surface area contributed by atoms with Crippen LogP contribution < -0.4 is 15.4 Å². The highest BCUT2D eigenvalue weighted by molar-refractivity contribution is 6.04. The third-order valence-corrected chi connectivity index (χ3v) is 3.69. The van der Waals surface area contributed by atoms with Gasteiger partial charge in [-0.2, -0.15) is 0 Å². The van der Waals surface area contributed by atoms with Crippen molar-refractivity contribution in [3.05, 3.63) is 77.5 Å². The van der Waals surface area contributed by atoms with Gasteiger partial charge in [0.15, 0.2) is 0 Å². The zero-order valence-electron chi connectivity index (χ0n) is 16.6. The van der Waals surface area contributed by atoms with E-state index in [2.05, 4.69) is 10.6 Å². The molecule has 2 aromatic rings. The van der Waals surface area contributed by atoms with Crippen molar-refractivity contribution >= 4 is 24.0 Å². The van der Waals surface area contributed by atoms with Crippen molar-refractivity contribution in [3.8, 4) is 5.75 Å². The monoisotopic (exact) mass is 394 g/mol. The Morgan fingerprint density at radius 2 is 1.72 bits per heavy atom. The Labute approximate surface area is 170 Å². The highest BCUT2D eigenvalue weighted by Crippen LogP contribution is 2.15. The van der Waals surface area contributed by atoms with Gasteiger partial charge in [0.1, 0.15) is 11.4 Å². The molecule has 0 aliphatic heterocycles. The molecule has 0 aromatic heterocycles. The summed E-state index contributed by atoms with van der Waals surface area (Å²) in [6, 6.07) is 16.6. The predicted octanol–water partition coefficient (Wildman–Crippen LogP) is 2.75. The van der Waals surface area contributed by atoms with Crippen molar-refractivity contribution in [2.75, 3.05) is 13.2 Å². The van der Waals surface area contributed by atoms with E-state index >= 15 is 0 Å². The summed E-state index contributed by atoms with van der Waals surface area (Å²) in [6.07, 6.45) is 4.66. The summed E-state index contributed by atoms with van der Waals surface area (Å²) in [5, 5.41) is 14.1. The normalized spacial score (nSPS) is 11.5. The minimum absolute atomic E-state index is 0.0619. The number of rotatable bonds is 9. The van der Waals surface area contributed by atoms with E-state index in [9.17, 15) is 9.59 Å². The second-order valence-electron chi connectivity index (χ2n) is 6.51. The van der Waals surface area contributed by atoms with E-state index in [1.807, 2.05) is 44.2 Å². The predicted molar refractivity (Wildman–Crippen MR) is 114 cm³/mol. The standard InChI is InChI=1S/C23H26N2O4/c1-17(2)29-20-11-8-19(9-12-20)16-21(23(28)24-14-15-26)25-22(27)13-10-18-6-4-3-5-7-18/h3-13,16-17,26H,14-15H2,1-2H3,(H,24,28)(H,25,27). The molecule has 6 nitrogen and oxygen atoms in total. The number of benzene rings is 2. The molecule has 0 saturated carbocycles. The van der Waals surface area contributed by atoms with E-state index < -0.39 is 11.8 Å². The summed E-state index contributed by atoms with van der Waals surface area (Å²) in [6.45, 7) is 3.78. The molecular formula is C23H26N2O4. The van der Waals surface area contributed by atoms with Crippen LogP contribution in [0.2, 0.25) is 0 Å². The number of aliphatic hydroxyl groups excluding tert-OH is 1. The number of amides is 2. The number of hydrogen-bond acceptors (Lipinski definition) is 4.